The summed E-state index contributed by atoms with van der Waals surface area (Å²) in [5.41, 5.74) is 0.445. The second-order valence-electron chi connectivity index (χ2n) is 6.00. The zero-order valence-corrected chi connectivity index (χ0v) is 12.7. The van der Waals surface area contributed by atoms with Gasteiger partial charge in [-0.25, -0.2) is 0 Å². The standard InChI is InChI=1S/C14H27ClN2O/c1-4-13(3,5-2)7-10-17-9-6-12-14(17,15)16-8-11-18-12/h12,16H,4-11H2,1-3H3. The minimum absolute atomic E-state index is 0.155. The average molecular weight is 275 g/mol. The molecule has 2 aliphatic heterocycles. The molecule has 2 fully saturated rings. The van der Waals surface area contributed by atoms with Crippen LogP contribution in [0.3, 0.4) is 0 Å². The van der Waals surface area contributed by atoms with E-state index in [2.05, 4.69) is 31.0 Å². The molecular formula is C14H27ClN2O. The Labute approximate surface area is 116 Å². The fourth-order valence-corrected chi connectivity index (χ4v) is 3.40. The number of alkyl halides is 1. The molecule has 1 N–H and O–H groups in total. The highest BCUT2D eigenvalue weighted by Crippen LogP contribution is 2.37. The first-order valence-corrected chi connectivity index (χ1v) is 7.72. The van der Waals surface area contributed by atoms with Gasteiger partial charge in [0.15, 0.2) is 5.12 Å². The summed E-state index contributed by atoms with van der Waals surface area (Å²) in [6, 6.07) is 0. The average Bonchev–Trinajstić information content (AvgIpc) is 2.73. The van der Waals surface area contributed by atoms with E-state index in [9.17, 15) is 0 Å². The van der Waals surface area contributed by atoms with Gasteiger partial charge in [0.2, 0.25) is 0 Å². The van der Waals surface area contributed by atoms with Crippen molar-refractivity contribution in [1.82, 2.24) is 10.2 Å². The minimum atomic E-state index is -0.444. The van der Waals surface area contributed by atoms with Crippen molar-refractivity contribution in [2.24, 2.45) is 5.41 Å². The van der Waals surface area contributed by atoms with Gasteiger partial charge in [-0.3, -0.25) is 10.2 Å². The topological polar surface area (TPSA) is 24.5 Å². The van der Waals surface area contributed by atoms with E-state index in [4.69, 9.17) is 16.3 Å². The van der Waals surface area contributed by atoms with Crippen LogP contribution in [0.5, 0.6) is 0 Å². The number of hydrogen-bond acceptors (Lipinski definition) is 3. The predicted molar refractivity (Wildman–Crippen MR) is 75.8 cm³/mol. The van der Waals surface area contributed by atoms with E-state index in [0.29, 0.717) is 5.41 Å². The van der Waals surface area contributed by atoms with Gasteiger partial charge in [-0.05, 0) is 18.3 Å². The number of rotatable bonds is 5. The number of morpholine rings is 1. The monoisotopic (exact) mass is 274 g/mol. The lowest BCUT2D eigenvalue weighted by atomic mass is 9.81. The normalized spacial score (nSPS) is 33.7. The Bertz CT molecular complexity index is 283. The first kappa shape index (κ1) is 14.6. The highest BCUT2D eigenvalue weighted by atomic mass is 35.5. The summed E-state index contributed by atoms with van der Waals surface area (Å²) in [4.78, 5) is 2.38. The van der Waals surface area contributed by atoms with Crippen LogP contribution in [0.15, 0.2) is 0 Å². The van der Waals surface area contributed by atoms with Crippen LogP contribution in [0.25, 0.3) is 0 Å². The van der Waals surface area contributed by atoms with Crippen LogP contribution in [-0.4, -0.2) is 42.4 Å². The molecule has 2 atom stereocenters. The lowest BCUT2D eigenvalue weighted by Crippen LogP contribution is -2.61. The summed E-state index contributed by atoms with van der Waals surface area (Å²) in [5, 5.41) is 3.00. The van der Waals surface area contributed by atoms with Gasteiger partial charge in [0, 0.05) is 19.6 Å². The van der Waals surface area contributed by atoms with Crippen molar-refractivity contribution in [2.45, 2.75) is 57.7 Å². The largest absolute Gasteiger partial charge is 0.372 e. The van der Waals surface area contributed by atoms with Gasteiger partial charge in [0.05, 0.1) is 6.61 Å². The highest BCUT2D eigenvalue weighted by molar-refractivity contribution is 6.24. The Morgan fingerprint density at radius 3 is 2.83 bits per heavy atom. The molecule has 4 heteroatoms. The van der Waals surface area contributed by atoms with Crippen molar-refractivity contribution in [1.29, 1.82) is 0 Å². The van der Waals surface area contributed by atoms with Gasteiger partial charge in [0.25, 0.3) is 0 Å². The molecular weight excluding hydrogens is 248 g/mol. The third kappa shape index (κ3) is 2.69. The van der Waals surface area contributed by atoms with Gasteiger partial charge in [0.1, 0.15) is 6.10 Å². The quantitative estimate of drug-likeness (QED) is 0.616. The van der Waals surface area contributed by atoms with Gasteiger partial charge < -0.3 is 4.74 Å². The maximum absolute atomic E-state index is 6.74. The van der Waals surface area contributed by atoms with E-state index in [1.165, 1.54) is 19.3 Å². The Kier molecular flexibility index (Phi) is 4.58. The summed E-state index contributed by atoms with van der Waals surface area (Å²) < 4.78 is 5.78. The van der Waals surface area contributed by atoms with E-state index in [-0.39, 0.29) is 6.10 Å². The van der Waals surface area contributed by atoms with Crippen LogP contribution in [0.2, 0.25) is 0 Å². The summed E-state index contributed by atoms with van der Waals surface area (Å²) in [6.07, 6.45) is 4.89. The zero-order chi connectivity index (χ0) is 13.2. The van der Waals surface area contributed by atoms with Gasteiger partial charge in [-0.2, -0.15) is 0 Å². The lowest BCUT2D eigenvalue weighted by Gasteiger charge is -2.41. The molecule has 2 unspecified atom stereocenters. The minimum Gasteiger partial charge on any atom is -0.372 e. The Morgan fingerprint density at radius 2 is 2.17 bits per heavy atom. The first-order chi connectivity index (χ1) is 8.54. The Balaban J connectivity index is 1.94. The van der Waals surface area contributed by atoms with Crippen LogP contribution in [0, 0.1) is 5.41 Å². The van der Waals surface area contributed by atoms with Crippen LogP contribution < -0.4 is 5.32 Å². The number of ether oxygens (including phenoxy) is 1. The smallest absolute Gasteiger partial charge is 0.175 e. The van der Waals surface area contributed by atoms with Crippen molar-refractivity contribution in [2.75, 3.05) is 26.2 Å². The van der Waals surface area contributed by atoms with Crippen LogP contribution in [0.1, 0.15) is 46.5 Å². The highest BCUT2D eigenvalue weighted by Gasteiger charge is 2.49. The molecule has 0 aromatic carbocycles. The summed E-state index contributed by atoms with van der Waals surface area (Å²) >= 11 is 6.74. The first-order valence-electron chi connectivity index (χ1n) is 7.34. The fourth-order valence-electron chi connectivity index (χ4n) is 2.96. The molecule has 0 aromatic rings. The Morgan fingerprint density at radius 1 is 1.44 bits per heavy atom. The van der Waals surface area contributed by atoms with Crippen molar-refractivity contribution in [3.05, 3.63) is 0 Å². The molecule has 2 heterocycles. The molecule has 0 radical (unpaired) electrons. The molecule has 0 amide bonds. The number of hydrogen-bond donors (Lipinski definition) is 1. The van der Waals surface area contributed by atoms with E-state index < -0.39 is 5.12 Å². The molecule has 0 aromatic heterocycles. The molecule has 18 heavy (non-hydrogen) atoms. The second kappa shape index (κ2) is 5.66. The molecule has 3 nitrogen and oxygen atoms in total. The second-order valence-corrected chi connectivity index (χ2v) is 6.58. The fraction of sp³-hybridized carbons (Fsp3) is 1.00. The molecule has 2 saturated heterocycles. The van der Waals surface area contributed by atoms with Gasteiger partial charge >= 0.3 is 0 Å². The lowest BCUT2D eigenvalue weighted by molar-refractivity contribution is -0.0402. The summed E-state index contributed by atoms with van der Waals surface area (Å²) in [7, 11) is 0. The van der Waals surface area contributed by atoms with Gasteiger partial charge in [-0.15, -0.1) is 0 Å². The third-order valence-corrected chi connectivity index (χ3v) is 5.65. The molecule has 2 rings (SSSR count). The van der Waals surface area contributed by atoms with Crippen LogP contribution >= 0.6 is 11.6 Å². The van der Waals surface area contributed by atoms with Crippen molar-refractivity contribution < 1.29 is 4.74 Å². The van der Waals surface area contributed by atoms with E-state index in [1.807, 2.05) is 0 Å². The number of nitrogens with one attached hydrogen (secondary N) is 1. The molecule has 0 saturated carbocycles. The maximum Gasteiger partial charge on any atom is 0.175 e. The molecule has 0 spiro atoms. The third-order valence-electron chi connectivity index (χ3n) is 5.03. The van der Waals surface area contributed by atoms with Crippen molar-refractivity contribution >= 4 is 11.6 Å². The van der Waals surface area contributed by atoms with Crippen molar-refractivity contribution in [3.63, 3.8) is 0 Å². The number of likely N-dealkylation sites (tertiary alicyclic amines) is 1. The van der Waals surface area contributed by atoms with Crippen LogP contribution in [-0.2, 0) is 4.74 Å². The number of halogens is 1. The van der Waals surface area contributed by atoms with E-state index in [1.54, 1.807) is 0 Å². The zero-order valence-electron chi connectivity index (χ0n) is 12.0. The van der Waals surface area contributed by atoms with Crippen LogP contribution in [0.4, 0.5) is 0 Å². The molecule has 0 bridgehead atoms. The molecule has 106 valence electrons. The number of nitrogens with zero attached hydrogens (tertiary/aromatic N) is 1. The summed E-state index contributed by atoms with van der Waals surface area (Å²) in [5.74, 6) is 0. The maximum atomic E-state index is 6.74. The predicted octanol–water partition coefficient (Wildman–Crippen LogP) is 2.79. The van der Waals surface area contributed by atoms with Gasteiger partial charge in [-0.1, -0.05) is 45.2 Å². The Hall–Kier alpha value is 0.170. The van der Waals surface area contributed by atoms with Crippen molar-refractivity contribution in [3.8, 4) is 0 Å². The number of fused-ring (bicyclic) bond motifs is 1. The molecule has 2 aliphatic rings. The SMILES string of the molecule is CCC(C)(CC)CCN1CCC2OCCNC21Cl. The summed E-state index contributed by atoms with van der Waals surface area (Å²) in [6.45, 7) is 10.7. The molecule has 0 aliphatic carbocycles. The van der Waals surface area contributed by atoms with E-state index in [0.717, 1.165) is 32.7 Å². The van der Waals surface area contributed by atoms with E-state index >= 15 is 0 Å².